The highest BCUT2D eigenvalue weighted by molar-refractivity contribution is 5.77. The molecule has 0 aromatic carbocycles. The molecule has 5 saturated heterocycles. The van der Waals surface area contributed by atoms with Gasteiger partial charge >= 0.3 is 5.97 Å². The van der Waals surface area contributed by atoms with Crippen LogP contribution in [0.3, 0.4) is 0 Å². The first-order valence-electron chi connectivity index (χ1n) is 27.8. The molecule has 9 fully saturated rings. The summed E-state index contributed by atoms with van der Waals surface area (Å²) in [4.78, 5) is 14.9. The first kappa shape index (κ1) is 58.0. The number of hydrogen-bond acceptors (Lipinski definition) is 28. The van der Waals surface area contributed by atoms with Gasteiger partial charge in [-0.2, -0.15) is 0 Å². The lowest BCUT2D eigenvalue weighted by atomic mass is 9.41. The van der Waals surface area contributed by atoms with Crippen molar-refractivity contribution in [3.05, 3.63) is 12.1 Å². The predicted molar refractivity (Wildman–Crippen MR) is 252 cm³/mol. The summed E-state index contributed by atoms with van der Waals surface area (Å²) >= 11 is 0. The average Bonchev–Trinajstić information content (AvgIpc) is 3.91. The molecule has 28 heteroatoms. The number of fused-ring (bicyclic) bond motifs is 3. The van der Waals surface area contributed by atoms with Crippen LogP contribution in [0, 0.1) is 28.1 Å². The minimum absolute atomic E-state index is 0.104. The minimum Gasteiger partial charge on any atom is -0.432 e. The van der Waals surface area contributed by atoms with Crippen LogP contribution in [-0.2, 0) is 52.2 Å². The van der Waals surface area contributed by atoms with E-state index in [1.54, 1.807) is 6.92 Å². The molecular formula is C50H80O28. The Morgan fingerprint density at radius 2 is 0.949 bits per heavy atom. The maximum absolute atomic E-state index is 14.9. The van der Waals surface area contributed by atoms with Crippen LogP contribution in [0.15, 0.2) is 12.1 Å². The maximum Gasteiger partial charge on any atom is 0.314 e. The number of hydrogen-bond donors (Lipinski definition) is 17. The van der Waals surface area contributed by atoms with Gasteiger partial charge in [-0.05, 0) is 86.5 Å². The number of rotatable bonds is 15. The molecule has 9 aliphatic rings. The van der Waals surface area contributed by atoms with Gasteiger partial charge in [0.05, 0.1) is 46.8 Å². The van der Waals surface area contributed by atoms with Crippen LogP contribution >= 0.6 is 0 Å². The first-order valence-corrected chi connectivity index (χ1v) is 26.8. The second-order valence-corrected chi connectivity index (χ2v) is 23.5. The fraction of sp³-hybridized carbons (Fsp3) is 0.940. The predicted octanol–water partition coefficient (Wildman–Crippen LogP) is -7.29. The Bertz CT molecular complexity index is 2160. The average molecular weight is 1130 g/mol. The molecule has 2 bridgehead atoms. The lowest BCUT2D eigenvalue weighted by Gasteiger charge is -2.64. The van der Waals surface area contributed by atoms with Crippen molar-refractivity contribution in [2.75, 3.05) is 33.0 Å². The van der Waals surface area contributed by atoms with Gasteiger partial charge in [-0.25, -0.2) is 0 Å². The lowest BCUT2D eigenvalue weighted by molar-refractivity contribution is -0.400. The van der Waals surface area contributed by atoms with E-state index in [1.165, 1.54) is 0 Å². The summed E-state index contributed by atoms with van der Waals surface area (Å²) in [6, 6.07) is 0. The number of aliphatic hydroxyl groups excluding tert-OH is 17. The molecule has 4 aliphatic carbocycles. The van der Waals surface area contributed by atoms with Crippen molar-refractivity contribution < 1.29 is 142 Å². The summed E-state index contributed by atoms with van der Waals surface area (Å²) in [7, 11) is 0. The van der Waals surface area contributed by atoms with Crippen LogP contribution < -0.4 is 0 Å². The van der Waals surface area contributed by atoms with Crippen molar-refractivity contribution in [2.24, 2.45) is 28.1 Å². The largest absolute Gasteiger partial charge is 0.432 e. The fourth-order valence-electron chi connectivity index (χ4n) is 14.8. The van der Waals surface area contributed by atoms with Crippen LogP contribution in [0.1, 0.15) is 74.4 Å². The Kier molecular flexibility index (Phi) is 17.3. The van der Waals surface area contributed by atoms with E-state index in [0.29, 0.717) is 38.5 Å². The second kappa shape index (κ2) is 23.3. The van der Waals surface area contributed by atoms with E-state index in [0.717, 1.165) is 0 Å². The van der Waals surface area contributed by atoms with Crippen molar-refractivity contribution >= 4 is 5.97 Å². The van der Waals surface area contributed by atoms with Crippen LogP contribution in [0.4, 0.5) is 0 Å². The molecule has 0 amide bonds. The summed E-state index contributed by atoms with van der Waals surface area (Å²) in [5.74, 6) is -1.43. The maximum atomic E-state index is 14.9. The molecule has 17 N–H and O–H groups in total. The molecule has 9 rings (SSSR count). The van der Waals surface area contributed by atoms with Gasteiger partial charge in [0.1, 0.15) is 116 Å². The third kappa shape index (κ3) is 10.3. The van der Waals surface area contributed by atoms with Gasteiger partial charge < -0.3 is 134 Å². The highest BCUT2D eigenvalue weighted by Gasteiger charge is 2.70. The molecule has 448 valence electrons. The van der Waals surface area contributed by atoms with Crippen LogP contribution in [-0.4, -0.2) is 285 Å². The number of carbonyl (C=O) groups excluding carboxylic acids is 1. The molecule has 4 saturated carbocycles. The van der Waals surface area contributed by atoms with E-state index in [4.69, 9.17) is 50.1 Å². The number of carbonyl (C=O) groups is 1. The Hall–Kier alpha value is -1.83. The second-order valence-electron chi connectivity index (χ2n) is 23.5. The molecule has 5 heterocycles. The van der Waals surface area contributed by atoms with Crippen LogP contribution in [0.25, 0.3) is 0 Å². The smallest absolute Gasteiger partial charge is 0.314 e. The quantitative estimate of drug-likeness (QED) is 0.0313. The zero-order chi connectivity index (χ0) is 58.3. The Morgan fingerprint density at radius 1 is 0.513 bits per heavy atom. The van der Waals surface area contributed by atoms with Crippen molar-refractivity contribution in [1.29, 1.82) is 0 Å². The number of aliphatic hydroxyl groups is 17. The normalized spacial score (nSPS) is 54.8. The van der Waals surface area contributed by atoms with E-state index in [-0.39, 0.29) is 30.8 Å². The van der Waals surface area contributed by atoms with Gasteiger partial charge in [0.2, 0.25) is 6.29 Å². The van der Waals surface area contributed by atoms with Crippen LogP contribution in [0.5, 0.6) is 0 Å². The van der Waals surface area contributed by atoms with Crippen molar-refractivity contribution in [2.45, 2.75) is 231 Å². The zero-order valence-corrected chi connectivity index (χ0v) is 43.1. The van der Waals surface area contributed by atoms with Gasteiger partial charge in [0, 0.05) is 0 Å². The van der Waals surface area contributed by atoms with Crippen molar-refractivity contribution in [3.63, 3.8) is 0 Å². The third-order valence-corrected chi connectivity index (χ3v) is 19.1. The summed E-state index contributed by atoms with van der Waals surface area (Å²) in [5, 5.41) is 181. The Balaban J connectivity index is 0.995. The van der Waals surface area contributed by atoms with Gasteiger partial charge in [-0.15, -0.1) is 0 Å². The summed E-state index contributed by atoms with van der Waals surface area (Å²) in [5.41, 5.74) is -3.95. The molecule has 78 heavy (non-hydrogen) atoms. The number of esters is 1. The topological polar surface area (TPSA) is 453 Å². The molecule has 5 aliphatic heterocycles. The van der Waals surface area contributed by atoms with Gasteiger partial charge in [-0.3, -0.25) is 4.79 Å². The molecular weight excluding hydrogens is 1050 g/mol. The fourth-order valence-corrected chi connectivity index (χ4v) is 14.8. The van der Waals surface area contributed by atoms with E-state index >= 15 is 0 Å². The SMILES string of the molecule is [2H][13C]([2H])=C1C[C@@]23CC[C@H]4[C@@](C)(CCC[C@@]4(C)C(=O)O[C@@H]4O[C@H](CO)[C@@H](O)[C@H](O)[C@H]4O[C@@H]4O[C@H](CO)[C@@H](O)[C@H](O)[C@H]4O)[C@@H]2CC[C@]1(O[C@@H]1O[C@H](CO)[C@@H](O)[C@H](O[C@@H]2O[C@H](CO)[C@@H](O)[C@H](O)[C@H]2O)[C@H]1O[C@H]1O[C@@H](CO)[C@H](O)[C@@H](O)[C@@H]1O)C3. The molecule has 0 aromatic rings. The summed E-state index contributed by atoms with van der Waals surface area (Å²) < 4.78 is 77.9. The molecule has 31 atom stereocenters. The molecule has 0 radical (unpaired) electrons. The van der Waals surface area contributed by atoms with Gasteiger partial charge in [-0.1, -0.05) is 19.9 Å². The summed E-state index contributed by atoms with van der Waals surface area (Å²) in [6.45, 7) is -1.08. The highest BCUT2D eigenvalue weighted by atomic mass is 16.8. The Morgan fingerprint density at radius 3 is 1.45 bits per heavy atom. The van der Waals surface area contributed by atoms with Crippen molar-refractivity contribution in [1.82, 2.24) is 0 Å². The number of ether oxygens (including phenoxy) is 10. The molecule has 0 unspecified atom stereocenters. The molecule has 0 aromatic heterocycles. The van der Waals surface area contributed by atoms with Crippen LogP contribution in [0.2, 0.25) is 0 Å². The van der Waals surface area contributed by atoms with E-state index in [9.17, 15) is 91.6 Å². The first-order chi connectivity index (χ1) is 37.8. The van der Waals surface area contributed by atoms with E-state index < -0.39 is 227 Å². The minimum atomic E-state index is -2.05. The summed E-state index contributed by atoms with van der Waals surface area (Å²) in [6.07, 6.45) is -42.4. The highest BCUT2D eigenvalue weighted by Crippen LogP contribution is 2.74. The third-order valence-electron chi connectivity index (χ3n) is 19.1. The lowest BCUT2D eigenvalue weighted by Crippen LogP contribution is -2.68. The van der Waals surface area contributed by atoms with Gasteiger partial charge in [0.15, 0.2) is 31.3 Å². The zero-order valence-electron chi connectivity index (χ0n) is 45.1. The standard InChI is InChI=1S/C50H80O28/c1-18-11-49-9-5-24-47(2,7-4-8-48(24,3)46(68)77-44-39(34(64)29(59)22(15-54)72-44)75-42-36(66)32(62)27(57)20(13-52)70-42)25(49)6-10-50(18,17-49)78-45-40(76-43-37(67)33(63)28(58)21(14-53)71-43)38(30(60)23(16-55)73-45)74-41-35(65)31(61)26(56)19(12-51)69-41/h19-45,51-67H,1,4-17H2,2-3H3/t19-,20-,21+,22-,23-,24+,25+,26-,27-,28+,29-,30-,31+,32+,33-,34+,35-,36-,37+,38+,39-,40-,41+,42+,43-,44+,45+,47-,48-,49-,50+/m1/s1/i1+1D2. The van der Waals surface area contributed by atoms with Gasteiger partial charge in [0.25, 0.3) is 0 Å². The molecule has 28 nitrogen and oxygen atoms in total. The molecule has 1 spiro atoms. The monoisotopic (exact) mass is 1130 g/mol. The Labute approximate surface area is 450 Å². The van der Waals surface area contributed by atoms with E-state index in [2.05, 4.69) is 6.92 Å². The van der Waals surface area contributed by atoms with E-state index in [1.807, 2.05) is 0 Å². The van der Waals surface area contributed by atoms with Crippen molar-refractivity contribution in [3.8, 4) is 0 Å².